The topological polar surface area (TPSA) is 116 Å². The zero-order chi connectivity index (χ0) is 17.6. The molecule has 2 aliphatic rings. The number of amides is 1. The first-order valence-corrected chi connectivity index (χ1v) is 6.87. The van der Waals surface area contributed by atoms with E-state index in [1.54, 1.807) is 6.07 Å². The summed E-state index contributed by atoms with van der Waals surface area (Å²) in [6, 6.07) is 5.91. The van der Waals surface area contributed by atoms with Crippen LogP contribution >= 0.6 is 0 Å². The average Bonchev–Trinajstić information content (AvgIpc) is 2.85. The van der Waals surface area contributed by atoms with Gasteiger partial charge in [-0.3, -0.25) is 19.2 Å². The van der Waals surface area contributed by atoms with E-state index < -0.39 is 40.6 Å². The summed E-state index contributed by atoms with van der Waals surface area (Å²) in [6.07, 6.45) is 0. The van der Waals surface area contributed by atoms with Crippen molar-refractivity contribution in [2.45, 2.75) is 12.5 Å². The number of methoxy groups -OCH3 is 1. The molecule has 122 valence electrons. The molecule has 0 radical (unpaired) electrons. The fourth-order valence-corrected chi connectivity index (χ4v) is 2.84. The predicted octanol–water partition coefficient (Wildman–Crippen LogP) is -0.0756. The van der Waals surface area contributed by atoms with Crippen molar-refractivity contribution in [1.29, 1.82) is 0 Å². The van der Waals surface area contributed by atoms with Crippen molar-refractivity contribution in [3.05, 3.63) is 46.7 Å². The molecular formula is C16H11NO7. The van der Waals surface area contributed by atoms with Crippen LogP contribution in [0.15, 0.2) is 35.5 Å². The Hall–Kier alpha value is -3.29. The molecule has 0 spiro atoms. The molecule has 0 bridgehead atoms. The fourth-order valence-electron chi connectivity index (χ4n) is 2.84. The van der Waals surface area contributed by atoms with E-state index in [0.29, 0.717) is 0 Å². The van der Waals surface area contributed by atoms with Crippen LogP contribution in [-0.2, 0) is 23.9 Å². The predicted molar refractivity (Wildman–Crippen MR) is 76.8 cm³/mol. The SMILES string of the molecule is COC(=O)[C@@]1(OC(C)=O)C(=O)NC2=C1C(=O)c1ccccc1C2=O. The van der Waals surface area contributed by atoms with Gasteiger partial charge in [-0.15, -0.1) is 0 Å². The monoisotopic (exact) mass is 329 g/mol. The summed E-state index contributed by atoms with van der Waals surface area (Å²) in [7, 11) is 0.975. The molecule has 1 amide bonds. The second-order valence-electron chi connectivity index (χ2n) is 5.17. The van der Waals surface area contributed by atoms with E-state index in [9.17, 15) is 24.0 Å². The van der Waals surface area contributed by atoms with Crippen LogP contribution in [-0.4, -0.2) is 42.1 Å². The van der Waals surface area contributed by atoms with Crippen molar-refractivity contribution in [3.63, 3.8) is 0 Å². The maximum Gasteiger partial charge on any atom is 0.365 e. The van der Waals surface area contributed by atoms with Gasteiger partial charge in [-0.25, -0.2) is 4.79 Å². The van der Waals surface area contributed by atoms with Gasteiger partial charge >= 0.3 is 17.5 Å². The number of rotatable bonds is 2. The van der Waals surface area contributed by atoms with Crippen LogP contribution in [0.25, 0.3) is 0 Å². The third-order valence-electron chi connectivity index (χ3n) is 3.80. The fraction of sp³-hybridized carbons (Fsp3) is 0.188. The van der Waals surface area contributed by atoms with Crippen molar-refractivity contribution >= 4 is 29.4 Å². The van der Waals surface area contributed by atoms with E-state index >= 15 is 0 Å². The normalized spacial score (nSPS) is 21.8. The maximum absolute atomic E-state index is 12.8. The molecule has 0 fully saturated rings. The van der Waals surface area contributed by atoms with Crippen molar-refractivity contribution in [3.8, 4) is 0 Å². The number of fused-ring (bicyclic) bond motifs is 1. The molecule has 24 heavy (non-hydrogen) atoms. The molecule has 0 saturated carbocycles. The van der Waals surface area contributed by atoms with Crippen LogP contribution in [0.2, 0.25) is 0 Å². The zero-order valence-corrected chi connectivity index (χ0v) is 12.7. The Bertz CT molecular complexity index is 867. The quantitative estimate of drug-likeness (QED) is 0.596. The number of carbonyl (C=O) groups excluding carboxylic acids is 5. The number of benzene rings is 1. The van der Waals surface area contributed by atoms with E-state index in [2.05, 4.69) is 10.1 Å². The van der Waals surface area contributed by atoms with Crippen LogP contribution in [0.4, 0.5) is 0 Å². The van der Waals surface area contributed by atoms with Crippen LogP contribution in [0.5, 0.6) is 0 Å². The van der Waals surface area contributed by atoms with E-state index in [0.717, 1.165) is 14.0 Å². The molecule has 0 unspecified atom stereocenters. The van der Waals surface area contributed by atoms with Crippen LogP contribution in [0.1, 0.15) is 27.6 Å². The molecule has 1 aromatic rings. The van der Waals surface area contributed by atoms with Gasteiger partial charge in [-0.1, -0.05) is 24.3 Å². The highest BCUT2D eigenvalue weighted by Crippen LogP contribution is 2.39. The lowest BCUT2D eigenvalue weighted by Crippen LogP contribution is -2.53. The lowest BCUT2D eigenvalue weighted by molar-refractivity contribution is -0.177. The molecule has 1 heterocycles. The number of hydrogen-bond acceptors (Lipinski definition) is 7. The molecule has 1 aliphatic heterocycles. The van der Waals surface area contributed by atoms with Crippen molar-refractivity contribution in [2.24, 2.45) is 0 Å². The van der Waals surface area contributed by atoms with Crippen LogP contribution in [0, 0.1) is 0 Å². The van der Waals surface area contributed by atoms with Crippen molar-refractivity contribution in [1.82, 2.24) is 5.32 Å². The smallest absolute Gasteiger partial charge is 0.365 e. The molecule has 0 aromatic heterocycles. The van der Waals surface area contributed by atoms with E-state index in [1.807, 2.05) is 0 Å². The number of hydrogen-bond donors (Lipinski definition) is 1. The van der Waals surface area contributed by atoms with E-state index in [4.69, 9.17) is 4.74 Å². The van der Waals surface area contributed by atoms with Gasteiger partial charge in [0.15, 0.2) is 5.78 Å². The molecule has 0 saturated heterocycles. The first-order valence-electron chi connectivity index (χ1n) is 6.87. The van der Waals surface area contributed by atoms with Crippen LogP contribution in [0.3, 0.4) is 0 Å². The number of nitrogens with one attached hydrogen (secondary N) is 1. The van der Waals surface area contributed by atoms with Gasteiger partial charge < -0.3 is 14.8 Å². The summed E-state index contributed by atoms with van der Waals surface area (Å²) in [5, 5.41) is 2.18. The number of ether oxygens (including phenoxy) is 2. The lowest BCUT2D eigenvalue weighted by Gasteiger charge is -2.26. The second kappa shape index (κ2) is 5.12. The molecule has 8 nitrogen and oxygen atoms in total. The average molecular weight is 329 g/mol. The largest absolute Gasteiger partial charge is 0.465 e. The molecule has 1 atom stereocenters. The molecule has 3 rings (SSSR count). The minimum absolute atomic E-state index is 0.0122. The Labute approximate surface area is 135 Å². The highest BCUT2D eigenvalue weighted by atomic mass is 16.6. The van der Waals surface area contributed by atoms with E-state index in [1.165, 1.54) is 18.2 Å². The maximum atomic E-state index is 12.8. The number of carbonyl (C=O) groups is 5. The Morgan fingerprint density at radius 3 is 2.17 bits per heavy atom. The minimum atomic E-state index is -2.63. The summed E-state index contributed by atoms with van der Waals surface area (Å²) < 4.78 is 9.47. The Morgan fingerprint density at radius 1 is 1.04 bits per heavy atom. The summed E-state index contributed by atoms with van der Waals surface area (Å²) in [5.74, 6) is -4.77. The van der Waals surface area contributed by atoms with Crippen molar-refractivity contribution in [2.75, 3.05) is 7.11 Å². The lowest BCUT2D eigenvalue weighted by atomic mass is 9.81. The first-order chi connectivity index (χ1) is 11.3. The van der Waals surface area contributed by atoms with Gasteiger partial charge in [0.25, 0.3) is 5.91 Å². The number of allylic oxidation sites excluding steroid dienone is 1. The molecule has 8 heteroatoms. The highest BCUT2D eigenvalue weighted by molar-refractivity contribution is 6.36. The van der Waals surface area contributed by atoms with Gasteiger partial charge in [-0.2, -0.15) is 0 Å². The van der Waals surface area contributed by atoms with Gasteiger partial charge in [-0.05, 0) is 0 Å². The summed E-state index contributed by atoms with van der Waals surface area (Å²) in [5.41, 5.74) is -3.44. The summed E-state index contributed by atoms with van der Waals surface area (Å²) in [4.78, 5) is 61.5. The van der Waals surface area contributed by atoms with Gasteiger partial charge in [0.05, 0.1) is 12.7 Å². The van der Waals surface area contributed by atoms with Gasteiger partial charge in [0.1, 0.15) is 5.70 Å². The Balaban J connectivity index is 2.29. The standard InChI is InChI=1S/C16H11NO7/c1-7(18)24-16(15(22)23-2)10-11(17-14(16)21)13(20)9-6-4-3-5-8(9)12(10)19/h3-6H,1-2H3,(H,17,21)/t16-/m0/s1. The molecular weight excluding hydrogens is 318 g/mol. The van der Waals surface area contributed by atoms with E-state index in [-0.39, 0.29) is 16.8 Å². The minimum Gasteiger partial charge on any atom is -0.465 e. The molecule has 1 aromatic carbocycles. The first kappa shape index (κ1) is 15.6. The van der Waals surface area contributed by atoms with Gasteiger partial charge in [0, 0.05) is 18.1 Å². The summed E-state index contributed by atoms with van der Waals surface area (Å²) in [6.45, 7) is 0.972. The molecule has 1 N–H and O–H groups in total. The number of ketones is 2. The molecule has 1 aliphatic carbocycles. The zero-order valence-electron chi connectivity index (χ0n) is 12.7. The van der Waals surface area contributed by atoms with Crippen molar-refractivity contribution < 1.29 is 33.4 Å². The summed E-state index contributed by atoms with van der Waals surface area (Å²) >= 11 is 0. The third-order valence-corrected chi connectivity index (χ3v) is 3.80. The van der Waals surface area contributed by atoms with Crippen LogP contribution < -0.4 is 5.32 Å². The highest BCUT2D eigenvalue weighted by Gasteiger charge is 2.64. The second-order valence-corrected chi connectivity index (χ2v) is 5.17. The number of Topliss-reactive ketones (excluding diaryl/α,β-unsaturated/α-hetero) is 2. The van der Waals surface area contributed by atoms with Gasteiger partial charge in [0.2, 0.25) is 5.78 Å². The Morgan fingerprint density at radius 2 is 1.62 bits per heavy atom. The third kappa shape index (κ3) is 1.82. The number of esters is 2. The Kier molecular flexibility index (Phi) is 3.33.